The molecule has 0 saturated heterocycles. The number of methoxy groups -OCH3 is 1. The quantitative estimate of drug-likeness (QED) is 0.748. The summed E-state index contributed by atoms with van der Waals surface area (Å²) in [7, 11) is 1.32. The van der Waals surface area contributed by atoms with Gasteiger partial charge in [0.25, 0.3) is 5.95 Å². The first kappa shape index (κ1) is 12.2. The van der Waals surface area contributed by atoms with Crippen molar-refractivity contribution in [3.05, 3.63) is 34.9 Å². The number of carbonyl (C=O) groups excluding carboxylic acids is 1. The minimum Gasteiger partial charge on any atom is -0.464 e. The molecule has 0 bridgehead atoms. The van der Waals surface area contributed by atoms with Gasteiger partial charge in [-0.05, 0) is 32.9 Å². The fourth-order valence-corrected chi connectivity index (χ4v) is 1.68. The van der Waals surface area contributed by atoms with E-state index in [4.69, 9.17) is 0 Å². The van der Waals surface area contributed by atoms with Gasteiger partial charge in [-0.15, -0.1) is 0 Å². The van der Waals surface area contributed by atoms with Crippen molar-refractivity contribution in [2.45, 2.75) is 20.8 Å². The number of hydrogen-bond donors (Lipinski definition) is 0. The Bertz CT molecular complexity index is 584. The maximum Gasteiger partial charge on any atom is 0.358 e. The minimum atomic E-state index is -0.471. The number of nitrogens with zero attached hydrogens (tertiary/aromatic N) is 4. The smallest absolute Gasteiger partial charge is 0.358 e. The van der Waals surface area contributed by atoms with E-state index in [1.165, 1.54) is 11.8 Å². The molecule has 2 rings (SSSR count). The number of rotatable bonds is 2. The first-order chi connectivity index (χ1) is 8.51. The van der Waals surface area contributed by atoms with Crippen molar-refractivity contribution >= 4 is 5.97 Å². The first-order valence-electron chi connectivity index (χ1n) is 5.49. The Morgan fingerprint density at radius 2 is 1.78 bits per heavy atom. The molecule has 0 unspecified atom stereocenters. The van der Waals surface area contributed by atoms with Crippen LogP contribution in [-0.4, -0.2) is 32.8 Å². The van der Waals surface area contributed by atoms with Gasteiger partial charge in [-0.2, -0.15) is 5.10 Å². The fraction of sp³-hybridized carbons (Fsp3) is 0.333. The Morgan fingerprint density at radius 3 is 2.33 bits per heavy atom. The van der Waals surface area contributed by atoms with E-state index in [0.717, 1.165) is 17.1 Å². The van der Waals surface area contributed by atoms with Gasteiger partial charge in [0.15, 0.2) is 5.69 Å². The van der Waals surface area contributed by atoms with Gasteiger partial charge in [0.1, 0.15) is 0 Å². The van der Waals surface area contributed by atoms with Gasteiger partial charge in [0.2, 0.25) is 0 Å². The van der Waals surface area contributed by atoms with Crippen molar-refractivity contribution in [1.82, 2.24) is 19.7 Å². The molecule has 0 amide bonds. The van der Waals surface area contributed by atoms with Crippen LogP contribution >= 0.6 is 0 Å². The summed E-state index contributed by atoms with van der Waals surface area (Å²) in [5, 5.41) is 4.15. The molecule has 0 aliphatic rings. The minimum absolute atomic E-state index is 0.248. The average Bonchev–Trinajstić information content (AvgIpc) is 2.69. The molecule has 2 aromatic heterocycles. The average molecular weight is 246 g/mol. The Balaban J connectivity index is 2.50. The highest BCUT2D eigenvalue weighted by molar-refractivity contribution is 5.87. The molecule has 0 fully saturated rings. The normalized spacial score (nSPS) is 10.4. The highest BCUT2D eigenvalue weighted by Gasteiger charge is 2.15. The van der Waals surface area contributed by atoms with E-state index in [1.807, 2.05) is 26.8 Å². The number of carbonyl (C=O) groups is 1. The SMILES string of the molecule is COC(=O)c1cc(C)n(-c2nc(C)cc(C)n2)n1. The lowest BCUT2D eigenvalue weighted by Crippen LogP contribution is -2.08. The van der Waals surface area contributed by atoms with Crippen molar-refractivity contribution in [1.29, 1.82) is 0 Å². The van der Waals surface area contributed by atoms with E-state index in [2.05, 4.69) is 19.8 Å². The number of hydrogen-bond acceptors (Lipinski definition) is 5. The van der Waals surface area contributed by atoms with Crippen LogP contribution in [0, 0.1) is 20.8 Å². The van der Waals surface area contributed by atoms with E-state index in [0.29, 0.717) is 5.95 Å². The van der Waals surface area contributed by atoms with Crippen molar-refractivity contribution in [3.8, 4) is 5.95 Å². The van der Waals surface area contributed by atoms with Crippen LogP contribution in [0.25, 0.3) is 5.95 Å². The molecule has 2 aromatic rings. The molecule has 0 radical (unpaired) electrons. The predicted octanol–water partition coefficient (Wildman–Crippen LogP) is 1.37. The molecule has 0 spiro atoms. The molecule has 6 nitrogen and oxygen atoms in total. The zero-order valence-electron chi connectivity index (χ0n) is 10.8. The fourth-order valence-electron chi connectivity index (χ4n) is 1.68. The molecule has 0 saturated carbocycles. The number of ether oxygens (including phenoxy) is 1. The zero-order chi connectivity index (χ0) is 13.3. The molecule has 0 aromatic carbocycles. The molecule has 94 valence electrons. The summed E-state index contributed by atoms with van der Waals surface area (Å²) in [5.41, 5.74) is 2.73. The van der Waals surface area contributed by atoms with Gasteiger partial charge in [-0.3, -0.25) is 0 Å². The predicted molar refractivity (Wildman–Crippen MR) is 64.7 cm³/mol. The lowest BCUT2D eigenvalue weighted by atomic mass is 10.3. The monoisotopic (exact) mass is 246 g/mol. The summed E-state index contributed by atoms with van der Waals surface area (Å²) >= 11 is 0. The standard InChI is InChI=1S/C12H14N4O2/c1-7-5-8(2)14-12(13-7)16-9(3)6-10(15-16)11(17)18-4/h5-6H,1-4H3. The Hall–Kier alpha value is -2.24. The molecule has 0 aliphatic carbocycles. The van der Waals surface area contributed by atoms with Crippen LogP contribution < -0.4 is 0 Å². The summed E-state index contributed by atoms with van der Waals surface area (Å²) in [6, 6.07) is 3.52. The Morgan fingerprint density at radius 1 is 1.17 bits per heavy atom. The van der Waals surface area contributed by atoms with Crippen molar-refractivity contribution in [2.75, 3.05) is 7.11 Å². The van der Waals surface area contributed by atoms with Gasteiger partial charge in [-0.25, -0.2) is 19.4 Å². The molecule has 0 N–H and O–H groups in total. The van der Waals surface area contributed by atoms with Crippen LogP contribution in [0.15, 0.2) is 12.1 Å². The summed E-state index contributed by atoms with van der Waals surface area (Å²) < 4.78 is 6.17. The molecule has 0 aliphatic heterocycles. The Labute approximate surface area is 105 Å². The lowest BCUT2D eigenvalue weighted by molar-refractivity contribution is 0.0593. The van der Waals surface area contributed by atoms with Crippen molar-refractivity contribution < 1.29 is 9.53 Å². The zero-order valence-corrected chi connectivity index (χ0v) is 10.8. The molecule has 18 heavy (non-hydrogen) atoms. The molecule has 2 heterocycles. The van der Waals surface area contributed by atoms with E-state index in [9.17, 15) is 4.79 Å². The van der Waals surface area contributed by atoms with Gasteiger partial charge in [0, 0.05) is 17.1 Å². The van der Waals surface area contributed by atoms with E-state index in [1.54, 1.807) is 6.07 Å². The van der Waals surface area contributed by atoms with Crippen LogP contribution in [0.1, 0.15) is 27.6 Å². The summed E-state index contributed by atoms with van der Waals surface area (Å²) in [5.74, 6) is -0.0126. The van der Waals surface area contributed by atoms with Crippen LogP contribution in [0.2, 0.25) is 0 Å². The van der Waals surface area contributed by atoms with Gasteiger partial charge >= 0.3 is 5.97 Å². The number of aryl methyl sites for hydroxylation is 3. The third kappa shape index (κ3) is 2.22. The second kappa shape index (κ2) is 4.56. The summed E-state index contributed by atoms with van der Waals surface area (Å²) in [4.78, 5) is 20.0. The molecule has 6 heteroatoms. The van der Waals surface area contributed by atoms with Crippen molar-refractivity contribution in [3.63, 3.8) is 0 Å². The second-order valence-corrected chi connectivity index (χ2v) is 4.03. The third-order valence-electron chi connectivity index (χ3n) is 2.44. The van der Waals surface area contributed by atoms with Crippen LogP contribution in [0.4, 0.5) is 0 Å². The first-order valence-corrected chi connectivity index (χ1v) is 5.49. The highest BCUT2D eigenvalue weighted by atomic mass is 16.5. The van der Waals surface area contributed by atoms with Gasteiger partial charge in [0.05, 0.1) is 7.11 Å². The summed E-state index contributed by atoms with van der Waals surface area (Å²) in [6.07, 6.45) is 0. The molecule has 0 atom stereocenters. The van der Waals surface area contributed by atoms with E-state index in [-0.39, 0.29) is 5.69 Å². The topological polar surface area (TPSA) is 69.9 Å². The van der Waals surface area contributed by atoms with Crippen LogP contribution in [-0.2, 0) is 4.74 Å². The van der Waals surface area contributed by atoms with Crippen LogP contribution in [0.3, 0.4) is 0 Å². The van der Waals surface area contributed by atoms with Gasteiger partial charge in [-0.1, -0.05) is 0 Å². The molecular formula is C12H14N4O2. The molecular weight excluding hydrogens is 232 g/mol. The maximum atomic E-state index is 11.4. The number of aromatic nitrogens is 4. The largest absolute Gasteiger partial charge is 0.464 e. The second-order valence-electron chi connectivity index (χ2n) is 4.03. The number of esters is 1. The van der Waals surface area contributed by atoms with E-state index >= 15 is 0 Å². The Kier molecular flexibility index (Phi) is 3.10. The van der Waals surface area contributed by atoms with Crippen LogP contribution in [0.5, 0.6) is 0 Å². The van der Waals surface area contributed by atoms with E-state index < -0.39 is 5.97 Å². The van der Waals surface area contributed by atoms with Crippen molar-refractivity contribution in [2.24, 2.45) is 0 Å². The summed E-state index contributed by atoms with van der Waals surface area (Å²) in [6.45, 7) is 5.61. The third-order valence-corrected chi connectivity index (χ3v) is 2.44. The van der Waals surface area contributed by atoms with Gasteiger partial charge < -0.3 is 4.74 Å². The lowest BCUT2D eigenvalue weighted by Gasteiger charge is -2.04. The highest BCUT2D eigenvalue weighted by Crippen LogP contribution is 2.10. The maximum absolute atomic E-state index is 11.4.